The van der Waals surface area contributed by atoms with Crippen LogP contribution in [0.15, 0.2) is 48.9 Å². The topological polar surface area (TPSA) is 151 Å². The summed E-state index contributed by atoms with van der Waals surface area (Å²) in [6.07, 6.45) is 4.91. The fourth-order valence-corrected chi connectivity index (χ4v) is 8.62. The maximum absolute atomic E-state index is 14.2. The number of hydrogen-bond acceptors (Lipinski definition) is 10. The largest absolute Gasteiger partial charge is 0.476 e. The molecule has 0 radical (unpaired) electrons. The van der Waals surface area contributed by atoms with Crippen LogP contribution in [0.3, 0.4) is 0 Å². The van der Waals surface area contributed by atoms with Gasteiger partial charge < -0.3 is 25.3 Å². The highest BCUT2D eigenvalue weighted by Crippen LogP contribution is 2.69. The van der Waals surface area contributed by atoms with Crippen molar-refractivity contribution in [3.63, 3.8) is 0 Å². The molecule has 1 aromatic carbocycles. The summed E-state index contributed by atoms with van der Waals surface area (Å²) in [5, 5.41) is 23.3. The van der Waals surface area contributed by atoms with Gasteiger partial charge in [-0.2, -0.15) is 0 Å². The van der Waals surface area contributed by atoms with Crippen LogP contribution in [0, 0.1) is 0 Å². The first-order valence-corrected chi connectivity index (χ1v) is 15.0. The standard InChI is InChI=1S/C27H33N4O7P/c1-25(33)23(32)27(35-24(25)31-13-10-18-21(28)29-16-30-22(18)31)15-20(27)37-39(34)36-19(17-8-4-2-5-9-17)14-26(38-39)11-6-3-7-12-26/h2,4-5,8-10,13,16,19-20,23-24,32-33H,3,6-7,11-12,14-15H2,1H3,(H2,28,29,30)/t19-,20+,23-,24+,25+,27?,39-/m0/s1. The molecule has 7 rings (SSSR count). The Bertz CT molecular complexity index is 1440. The van der Waals surface area contributed by atoms with Crippen LogP contribution in [0.25, 0.3) is 11.0 Å². The van der Waals surface area contributed by atoms with Crippen LogP contribution in [0.4, 0.5) is 5.82 Å². The van der Waals surface area contributed by atoms with Crippen LogP contribution in [0.2, 0.25) is 0 Å². The molecule has 4 fully saturated rings. The third-order valence-electron chi connectivity index (χ3n) is 8.84. The second kappa shape index (κ2) is 8.81. The smallest absolute Gasteiger partial charge is 0.387 e. The van der Waals surface area contributed by atoms with Crippen molar-refractivity contribution in [1.82, 2.24) is 14.5 Å². The molecule has 208 valence electrons. The lowest BCUT2D eigenvalue weighted by Gasteiger charge is -2.45. The number of aliphatic hydroxyl groups is 2. The lowest BCUT2D eigenvalue weighted by molar-refractivity contribution is -0.106. The molecule has 7 atom stereocenters. The average molecular weight is 557 g/mol. The van der Waals surface area contributed by atoms with Crippen LogP contribution in [-0.2, 0) is 22.9 Å². The van der Waals surface area contributed by atoms with Gasteiger partial charge in [0.15, 0.2) is 6.23 Å². The number of aromatic nitrogens is 3. The molecule has 0 bridgehead atoms. The predicted octanol–water partition coefficient (Wildman–Crippen LogP) is 4.17. The summed E-state index contributed by atoms with van der Waals surface area (Å²) in [5.41, 5.74) is 3.78. The second-order valence-corrected chi connectivity index (χ2v) is 13.1. The number of benzene rings is 1. The highest BCUT2D eigenvalue weighted by Gasteiger charge is 2.75. The summed E-state index contributed by atoms with van der Waals surface area (Å²) < 4.78 is 40.5. The zero-order valence-electron chi connectivity index (χ0n) is 21.7. The number of ether oxygens (including phenoxy) is 1. The molecule has 1 unspecified atom stereocenters. The molecule has 2 aliphatic heterocycles. The summed E-state index contributed by atoms with van der Waals surface area (Å²) in [7, 11) is -4.05. The van der Waals surface area contributed by atoms with Gasteiger partial charge in [0.2, 0.25) is 0 Å². The molecule has 2 aromatic heterocycles. The minimum Gasteiger partial charge on any atom is -0.387 e. The number of nitrogens with two attached hydrogens (primary N) is 1. The molecule has 0 amide bonds. The number of nitrogens with zero attached hydrogens (tertiary/aromatic N) is 3. The summed E-state index contributed by atoms with van der Waals surface area (Å²) >= 11 is 0. The zero-order chi connectivity index (χ0) is 27.0. The van der Waals surface area contributed by atoms with Gasteiger partial charge in [0, 0.05) is 19.0 Å². The van der Waals surface area contributed by atoms with Crippen molar-refractivity contribution in [2.45, 2.75) is 93.2 Å². The SMILES string of the molecule is C[C@@]1(O)[C@H](O)C2(C[C@H]2O[P@]2(=O)O[C@H](c3ccccc3)CC3(CCCCC3)O2)O[C@H]1n1ccc2c(N)ncnc21. The number of rotatable bonds is 4. The van der Waals surface area contributed by atoms with Crippen LogP contribution in [0.1, 0.15) is 69.8 Å². The van der Waals surface area contributed by atoms with E-state index in [9.17, 15) is 14.8 Å². The average Bonchev–Trinajstić information content (AvgIpc) is 3.32. The quantitative estimate of drug-likeness (QED) is 0.399. The fourth-order valence-electron chi connectivity index (χ4n) is 6.68. The molecule has 4 N–H and O–H groups in total. The van der Waals surface area contributed by atoms with E-state index < -0.39 is 49.2 Å². The van der Waals surface area contributed by atoms with E-state index in [1.165, 1.54) is 13.3 Å². The maximum atomic E-state index is 14.2. The Balaban J connectivity index is 1.16. The Hall–Kier alpha value is -2.37. The van der Waals surface area contributed by atoms with Crippen molar-refractivity contribution >= 4 is 24.7 Å². The van der Waals surface area contributed by atoms with E-state index >= 15 is 0 Å². The first kappa shape index (κ1) is 25.6. The summed E-state index contributed by atoms with van der Waals surface area (Å²) in [6, 6.07) is 11.4. The number of phosphoric ester groups is 1. The first-order valence-electron chi connectivity index (χ1n) is 13.5. The number of aliphatic hydroxyl groups excluding tert-OH is 1. The maximum Gasteiger partial charge on any atom is 0.476 e. The highest BCUT2D eigenvalue weighted by molar-refractivity contribution is 7.48. The molecule has 4 heterocycles. The van der Waals surface area contributed by atoms with Crippen molar-refractivity contribution in [1.29, 1.82) is 0 Å². The Morgan fingerprint density at radius 3 is 2.67 bits per heavy atom. The van der Waals surface area contributed by atoms with Crippen LogP contribution in [-0.4, -0.2) is 53.8 Å². The molecular formula is C27H33N4O7P. The van der Waals surface area contributed by atoms with Crippen molar-refractivity contribution in [2.75, 3.05) is 5.73 Å². The van der Waals surface area contributed by atoms with Gasteiger partial charge in [-0.25, -0.2) is 14.5 Å². The third kappa shape index (κ3) is 4.06. The normalized spacial score (nSPS) is 39.5. The van der Waals surface area contributed by atoms with Crippen LogP contribution >= 0.6 is 7.82 Å². The highest BCUT2D eigenvalue weighted by atomic mass is 31.2. The lowest BCUT2D eigenvalue weighted by atomic mass is 9.80. The summed E-state index contributed by atoms with van der Waals surface area (Å²) in [5.74, 6) is 0.300. The number of anilines is 1. The van der Waals surface area contributed by atoms with Crippen LogP contribution in [0.5, 0.6) is 0 Å². The molecule has 12 heteroatoms. The molecule has 39 heavy (non-hydrogen) atoms. The van der Waals surface area contributed by atoms with Crippen molar-refractivity contribution in [3.8, 4) is 0 Å². The summed E-state index contributed by atoms with van der Waals surface area (Å²) in [6.45, 7) is 1.50. The molecule has 2 spiro atoms. The van der Waals surface area contributed by atoms with E-state index in [0.717, 1.165) is 37.7 Å². The van der Waals surface area contributed by atoms with Gasteiger partial charge in [-0.3, -0.25) is 13.6 Å². The van der Waals surface area contributed by atoms with Crippen molar-refractivity contribution < 1.29 is 33.1 Å². The molecule has 3 aromatic rings. The van der Waals surface area contributed by atoms with E-state index in [4.69, 9.17) is 24.0 Å². The second-order valence-electron chi connectivity index (χ2n) is 11.6. The van der Waals surface area contributed by atoms with Gasteiger partial charge >= 0.3 is 7.82 Å². The van der Waals surface area contributed by atoms with E-state index in [1.54, 1.807) is 16.8 Å². The van der Waals surface area contributed by atoms with E-state index in [-0.39, 0.29) is 6.42 Å². The Kier molecular flexibility index (Phi) is 5.78. The van der Waals surface area contributed by atoms with Gasteiger partial charge in [0.25, 0.3) is 0 Å². The molecular weight excluding hydrogens is 523 g/mol. The fraction of sp³-hybridized carbons (Fsp3) is 0.556. The minimum atomic E-state index is -4.05. The molecule has 11 nitrogen and oxygen atoms in total. The zero-order valence-corrected chi connectivity index (χ0v) is 22.6. The number of phosphoric acid groups is 1. The van der Waals surface area contributed by atoms with Crippen molar-refractivity contribution in [3.05, 3.63) is 54.5 Å². The van der Waals surface area contributed by atoms with E-state index in [0.29, 0.717) is 23.3 Å². The summed E-state index contributed by atoms with van der Waals surface area (Å²) in [4.78, 5) is 8.31. The monoisotopic (exact) mass is 556 g/mol. The van der Waals surface area contributed by atoms with Gasteiger partial charge in [-0.15, -0.1) is 0 Å². The number of fused-ring (bicyclic) bond motifs is 1. The Morgan fingerprint density at radius 1 is 1.13 bits per heavy atom. The number of hydrogen-bond donors (Lipinski definition) is 3. The van der Waals surface area contributed by atoms with Gasteiger partial charge in [-0.1, -0.05) is 49.6 Å². The lowest BCUT2D eigenvalue weighted by Crippen LogP contribution is -2.45. The van der Waals surface area contributed by atoms with E-state index in [2.05, 4.69) is 9.97 Å². The minimum absolute atomic E-state index is 0.219. The van der Waals surface area contributed by atoms with E-state index in [1.807, 2.05) is 30.3 Å². The van der Waals surface area contributed by atoms with Gasteiger partial charge in [0.05, 0.1) is 17.1 Å². The van der Waals surface area contributed by atoms with Crippen LogP contribution < -0.4 is 5.73 Å². The van der Waals surface area contributed by atoms with Gasteiger partial charge in [0.1, 0.15) is 41.2 Å². The first-order chi connectivity index (χ1) is 18.6. The van der Waals surface area contributed by atoms with Gasteiger partial charge in [-0.05, 0) is 31.4 Å². The Labute approximate surface area is 225 Å². The third-order valence-corrected chi connectivity index (χ3v) is 10.5. The molecule has 2 saturated carbocycles. The van der Waals surface area contributed by atoms with Crippen molar-refractivity contribution in [2.24, 2.45) is 0 Å². The molecule has 4 aliphatic rings. The Morgan fingerprint density at radius 2 is 1.90 bits per heavy atom. The molecule has 2 aliphatic carbocycles. The number of nitrogen functional groups attached to an aromatic ring is 1. The predicted molar refractivity (Wildman–Crippen MR) is 140 cm³/mol. The molecule has 2 saturated heterocycles.